The minimum atomic E-state index is -0.430. The summed E-state index contributed by atoms with van der Waals surface area (Å²) in [6.45, 7) is 6.75. The maximum atomic E-state index is 11.8. The van der Waals surface area contributed by atoms with E-state index < -0.39 is 5.91 Å². The van der Waals surface area contributed by atoms with Gasteiger partial charge in [-0.15, -0.1) is 11.3 Å². The lowest BCUT2D eigenvalue weighted by Gasteiger charge is -2.19. The average Bonchev–Trinajstić information content (AvgIpc) is 3.22. The molecule has 0 spiro atoms. The maximum Gasteiger partial charge on any atom is 0.261 e. The molecule has 0 aliphatic heterocycles. The number of benzene rings is 1. The number of amides is 3. The summed E-state index contributed by atoms with van der Waals surface area (Å²) in [5.74, 6) is -0.329. The van der Waals surface area contributed by atoms with Gasteiger partial charge in [-0.2, -0.15) is 0 Å². The van der Waals surface area contributed by atoms with E-state index in [0.29, 0.717) is 18.0 Å². The van der Waals surface area contributed by atoms with Crippen LogP contribution in [0.5, 0.6) is 5.75 Å². The van der Waals surface area contributed by atoms with Crippen LogP contribution in [0.3, 0.4) is 0 Å². The molecule has 156 valence electrons. The van der Waals surface area contributed by atoms with Crippen LogP contribution in [0, 0.1) is 0 Å². The highest BCUT2D eigenvalue weighted by atomic mass is 32.1. The molecule has 0 atom stereocenters. The Morgan fingerprint density at radius 2 is 1.59 bits per heavy atom. The molecule has 1 heterocycles. The second-order valence-electron chi connectivity index (χ2n) is 7.41. The highest BCUT2D eigenvalue weighted by Gasteiger charge is 2.13. The molecule has 0 saturated carbocycles. The molecule has 0 saturated heterocycles. The van der Waals surface area contributed by atoms with Crippen molar-refractivity contribution < 1.29 is 19.1 Å². The number of ether oxygens (including phenoxy) is 1. The van der Waals surface area contributed by atoms with Gasteiger partial charge in [-0.05, 0) is 34.6 Å². The fourth-order valence-corrected chi connectivity index (χ4v) is 3.01. The van der Waals surface area contributed by atoms with Gasteiger partial charge in [0.05, 0.1) is 24.5 Å². The number of rotatable bonds is 9. The van der Waals surface area contributed by atoms with Crippen LogP contribution >= 0.6 is 11.3 Å². The Kier molecular flexibility index (Phi) is 8.21. The Hall–Kier alpha value is -2.87. The summed E-state index contributed by atoms with van der Waals surface area (Å²) in [5, 5.41) is 9.41. The van der Waals surface area contributed by atoms with Crippen molar-refractivity contribution in [2.24, 2.45) is 0 Å². The van der Waals surface area contributed by atoms with Crippen LogP contribution in [-0.2, 0) is 15.0 Å². The number of carbonyl (C=O) groups excluding carboxylic acids is 3. The van der Waals surface area contributed by atoms with Crippen molar-refractivity contribution in [3.8, 4) is 5.75 Å². The second-order valence-corrected chi connectivity index (χ2v) is 8.36. The number of nitrogens with one attached hydrogen (secondary N) is 3. The smallest absolute Gasteiger partial charge is 0.261 e. The van der Waals surface area contributed by atoms with Gasteiger partial charge >= 0.3 is 0 Å². The molecule has 1 aromatic carbocycles. The molecule has 7 nitrogen and oxygen atoms in total. The molecule has 3 amide bonds. The van der Waals surface area contributed by atoms with E-state index in [9.17, 15) is 14.4 Å². The molecule has 0 unspecified atom stereocenters. The van der Waals surface area contributed by atoms with E-state index in [-0.39, 0.29) is 30.3 Å². The van der Waals surface area contributed by atoms with Gasteiger partial charge in [0.15, 0.2) is 0 Å². The predicted molar refractivity (Wildman–Crippen MR) is 113 cm³/mol. The van der Waals surface area contributed by atoms with E-state index in [0.717, 1.165) is 5.75 Å². The Labute approximate surface area is 174 Å². The Balaban J connectivity index is 1.57. The van der Waals surface area contributed by atoms with E-state index in [4.69, 9.17) is 4.74 Å². The average molecular weight is 418 g/mol. The molecule has 29 heavy (non-hydrogen) atoms. The molecule has 0 fully saturated rings. The van der Waals surface area contributed by atoms with Gasteiger partial charge in [0.1, 0.15) is 12.4 Å². The van der Waals surface area contributed by atoms with Crippen molar-refractivity contribution in [2.45, 2.75) is 26.2 Å². The minimum absolute atomic E-state index is 0.0870. The quantitative estimate of drug-likeness (QED) is 0.544. The summed E-state index contributed by atoms with van der Waals surface area (Å²) in [6.07, 6.45) is 0. The van der Waals surface area contributed by atoms with E-state index in [1.165, 1.54) is 16.9 Å². The summed E-state index contributed by atoms with van der Waals surface area (Å²) in [4.78, 5) is 35.7. The Morgan fingerprint density at radius 1 is 0.931 bits per heavy atom. The van der Waals surface area contributed by atoms with Gasteiger partial charge in [-0.25, -0.2) is 0 Å². The second kappa shape index (κ2) is 10.6. The summed E-state index contributed by atoms with van der Waals surface area (Å²) in [6, 6.07) is 11.3. The molecule has 0 bridgehead atoms. The van der Waals surface area contributed by atoms with E-state index in [2.05, 4.69) is 36.7 Å². The van der Waals surface area contributed by atoms with Crippen molar-refractivity contribution in [3.63, 3.8) is 0 Å². The van der Waals surface area contributed by atoms with Gasteiger partial charge in [-0.1, -0.05) is 39.0 Å². The van der Waals surface area contributed by atoms with Crippen LogP contribution < -0.4 is 20.7 Å². The highest BCUT2D eigenvalue weighted by Crippen LogP contribution is 2.24. The van der Waals surface area contributed by atoms with Crippen LogP contribution in [0.1, 0.15) is 36.0 Å². The minimum Gasteiger partial charge on any atom is -0.492 e. The molecule has 2 aromatic rings. The van der Waals surface area contributed by atoms with Crippen molar-refractivity contribution in [1.29, 1.82) is 0 Å². The first-order valence-corrected chi connectivity index (χ1v) is 10.2. The van der Waals surface area contributed by atoms with Crippen LogP contribution in [-0.4, -0.2) is 44.0 Å². The van der Waals surface area contributed by atoms with Gasteiger partial charge in [0.25, 0.3) is 5.91 Å². The maximum absolute atomic E-state index is 11.8. The first-order valence-electron chi connectivity index (χ1n) is 9.34. The standard InChI is InChI=1S/C21H27N3O4S/c1-21(2,3)15-6-8-16(9-7-15)28-11-10-22-18(25)13-23-19(26)14-24-20(27)17-5-4-12-29-17/h4-9,12H,10-11,13-14H2,1-3H3,(H,22,25)(H,23,26)(H,24,27). The van der Waals surface area contributed by atoms with Crippen LogP contribution in [0.15, 0.2) is 41.8 Å². The number of thiophene rings is 1. The molecule has 2 rings (SSSR count). The molecule has 8 heteroatoms. The van der Waals surface area contributed by atoms with E-state index in [1.54, 1.807) is 17.5 Å². The van der Waals surface area contributed by atoms with Crippen molar-refractivity contribution >= 4 is 29.1 Å². The summed E-state index contributed by atoms with van der Waals surface area (Å²) >= 11 is 1.29. The topological polar surface area (TPSA) is 96.5 Å². The lowest BCUT2D eigenvalue weighted by molar-refractivity contribution is -0.125. The summed E-state index contributed by atoms with van der Waals surface area (Å²) in [5.41, 5.74) is 1.31. The van der Waals surface area contributed by atoms with Crippen LogP contribution in [0.4, 0.5) is 0 Å². The number of carbonyl (C=O) groups is 3. The highest BCUT2D eigenvalue weighted by molar-refractivity contribution is 7.12. The fourth-order valence-electron chi connectivity index (χ4n) is 2.37. The lowest BCUT2D eigenvalue weighted by Crippen LogP contribution is -2.42. The molecule has 0 aliphatic rings. The van der Waals surface area contributed by atoms with Crippen molar-refractivity contribution in [2.75, 3.05) is 26.2 Å². The lowest BCUT2D eigenvalue weighted by atomic mass is 9.87. The molecule has 0 radical (unpaired) electrons. The van der Waals surface area contributed by atoms with Gasteiger partial charge < -0.3 is 20.7 Å². The zero-order valence-electron chi connectivity index (χ0n) is 16.9. The monoisotopic (exact) mass is 417 g/mol. The molecular weight excluding hydrogens is 390 g/mol. The summed E-state index contributed by atoms with van der Waals surface area (Å²) < 4.78 is 5.60. The number of hydrogen-bond acceptors (Lipinski definition) is 5. The third-order valence-electron chi connectivity index (χ3n) is 4.01. The third kappa shape index (κ3) is 7.95. The van der Waals surface area contributed by atoms with Gasteiger partial charge in [0.2, 0.25) is 11.8 Å². The SMILES string of the molecule is CC(C)(C)c1ccc(OCCNC(=O)CNC(=O)CNC(=O)c2cccs2)cc1. The van der Waals surface area contributed by atoms with Crippen LogP contribution in [0.25, 0.3) is 0 Å². The molecule has 0 aliphatic carbocycles. The molecular formula is C21H27N3O4S. The molecule has 3 N–H and O–H groups in total. The van der Waals surface area contributed by atoms with Gasteiger partial charge in [0, 0.05) is 0 Å². The van der Waals surface area contributed by atoms with Crippen LogP contribution in [0.2, 0.25) is 0 Å². The largest absolute Gasteiger partial charge is 0.492 e. The van der Waals surface area contributed by atoms with E-state index in [1.807, 2.05) is 24.3 Å². The van der Waals surface area contributed by atoms with Crippen molar-refractivity contribution in [3.05, 3.63) is 52.2 Å². The zero-order chi connectivity index (χ0) is 21.3. The van der Waals surface area contributed by atoms with Crippen molar-refractivity contribution in [1.82, 2.24) is 16.0 Å². The number of hydrogen-bond donors (Lipinski definition) is 3. The first-order chi connectivity index (χ1) is 13.8. The Morgan fingerprint density at radius 3 is 2.21 bits per heavy atom. The normalized spacial score (nSPS) is 10.9. The predicted octanol–water partition coefficient (Wildman–Crippen LogP) is 2.09. The molecule has 1 aromatic heterocycles. The van der Waals surface area contributed by atoms with E-state index >= 15 is 0 Å². The van der Waals surface area contributed by atoms with Gasteiger partial charge in [-0.3, -0.25) is 14.4 Å². The third-order valence-corrected chi connectivity index (χ3v) is 4.88. The first kappa shape index (κ1) is 22.4. The fraction of sp³-hybridized carbons (Fsp3) is 0.381. The zero-order valence-corrected chi connectivity index (χ0v) is 17.7. The summed E-state index contributed by atoms with van der Waals surface area (Å²) in [7, 11) is 0. The Bertz CT molecular complexity index is 811.